The first-order valence-electron chi connectivity index (χ1n) is 11.4. The Morgan fingerprint density at radius 2 is 2.03 bits per heavy atom. The summed E-state index contributed by atoms with van der Waals surface area (Å²) >= 11 is 1.79. The molecule has 1 saturated heterocycles. The van der Waals surface area contributed by atoms with Crippen molar-refractivity contribution in [3.8, 4) is 0 Å². The zero-order chi connectivity index (χ0) is 21.7. The number of aromatic nitrogens is 2. The Balaban J connectivity index is 1.55. The summed E-state index contributed by atoms with van der Waals surface area (Å²) in [5.74, 6) is 1.51. The fourth-order valence-electron chi connectivity index (χ4n) is 4.39. The molecule has 0 bridgehead atoms. The van der Waals surface area contributed by atoms with Crippen LogP contribution >= 0.6 is 11.3 Å². The minimum atomic E-state index is 0.136. The fourth-order valence-corrected chi connectivity index (χ4v) is 5.25. The van der Waals surface area contributed by atoms with Crippen molar-refractivity contribution in [2.75, 3.05) is 19.6 Å². The van der Waals surface area contributed by atoms with Gasteiger partial charge in [0.05, 0.1) is 11.7 Å². The maximum absolute atomic E-state index is 12.7. The van der Waals surface area contributed by atoms with Gasteiger partial charge in [-0.1, -0.05) is 26.8 Å². The summed E-state index contributed by atoms with van der Waals surface area (Å²) < 4.78 is 2.09. The fraction of sp³-hybridized carbons (Fsp3) is 0.667. The Morgan fingerprint density at radius 1 is 1.30 bits per heavy atom. The van der Waals surface area contributed by atoms with E-state index < -0.39 is 0 Å². The molecule has 0 radical (unpaired) electrons. The number of amides is 1. The molecular weight excluding hydrogens is 392 g/mol. The van der Waals surface area contributed by atoms with Crippen molar-refractivity contribution >= 4 is 17.2 Å². The number of carbonyl (C=O) groups is 1. The van der Waals surface area contributed by atoms with Crippen molar-refractivity contribution in [2.45, 2.75) is 72.9 Å². The molecule has 0 aliphatic carbocycles. The molecule has 30 heavy (non-hydrogen) atoms. The highest BCUT2D eigenvalue weighted by Crippen LogP contribution is 2.29. The number of rotatable bonds is 9. The number of piperidine rings is 1. The standard InChI is InChI=1S/C24H38N4OS/c1-17(2)16-28-20(5)21(19(4)26-28)8-9-24(29)25-15-22(23-7-6-14-30-23)27-12-10-18(3)11-13-27/h6-7,14,17-18,22H,8-13,15-16H2,1-5H3,(H,25,29). The number of nitrogens with one attached hydrogen (secondary N) is 1. The molecule has 1 amide bonds. The van der Waals surface area contributed by atoms with Crippen LogP contribution in [0.4, 0.5) is 0 Å². The van der Waals surface area contributed by atoms with Crippen LogP contribution in [0.1, 0.15) is 67.9 Å². The van der Waals surface area contributed by atoms with Crippen molar-refractivity contribution in [3.05, 3.63) is 39.3 Å². The van der Waals surface area contributed by atoms with E-state index in [9.17, 15) is 4.79 Å². The van der Waals surface area contributed by atoms with Crippen LogP contribution in [0.3, 0.4) is 0 Å². The molecule has 1 aliphatic rings. The summed E-state index contributed by atoms with van der Waals surface area (Å²) in [6.07, 6.45) is 3.76. The zero-order valence-corrected chi connectivity index (χ0v) is 20.1. The summed E-state index contributed by atoms with van der Waals surface area (Å²) in [6, 6.07) is 4.61. The van der Waals surface area contributed by atoms with E-state index in [2.05, 4.69) is 72.1 Å². The molecule has 166 valence electrons. The van der Waals surface area contributed by atoms with Gasteiger partial charge >= 0.3 is 0 Å². The molecule has 2 aromatic heterocycles. The van der Waals surface area contributed by atoms with E-state index in [0.717, 1.165) is 37.7 Å². The SMILES string of the molecule is Cc1nn(CC(C)C)c(C)c1CCC(=O)NCC(c1cccs1)N1CCC(C)CC1. The third-order valence-corrected chi connectivity index (χ3v) is 7.27. The number of thiophene rings is 1. The molecule has 0 aromatic carbocycles. The Hall–Kier alpha value is -1.66. The van der Waals surface area contributed by atoms with Gasteiger partial charge in [-0.2, -0.15) is 5.10 Å². The molecule has 1 N–H and O–H groups in total. The van der Waals surface area contributed by atoms with E-state index in [1.54, 1.807) is 11.3 Å². The topological polar surface area (TPSA) is 50.2 Å². The van der Waals surface area contributed by atoms with Gasteiger partial charge in [0.25, 0.3) is 0 Å². The predicted molar refractivity (Wildman–Crippen MR) is 125 cm³/mol. The molecule has 1 fully saturated rings. The van der Waals surface area contributed by atoms with Crippen LogP contribution < -0.4 is 5.32 Å². The van der Waals surface area contributed by atoms with Gasteiger partial charge in [-0.15, -0.1) is 11.3 Å². The van der Waals surface area contributed by atoms with E-state index in [0.29, 0.717) is 24.9 Å². The Morgan fingerprint density at radius 3 is 2.67 bits per heavy atom. The van der Waals surface area contributed by atoms with Gasteiger partial charge in [-0.05, 0) is 75.0 Å². The smallest absolute Gasteiger partial charge is 0.220 e. The molecule has 0 saturated carbocycles. The van der Waals surface area contributed by atoms with Crippen LogP contribution in [0.15, 0.2) is 17.5 Å². The van der Waals surface area contributed by atoms with Gasteiger partial charge in [0, 0.05) is 30.1 Å². The number of hydrogen-bond donors (Lipinski definition) is 1. The predicted octanol–water partition coefficient (Wildman–Crippen LogP) is 4.74. The highest BCUT2D eigenvalue weighted by Gasteiger charge is 2.25. The Bertz CT molecular complexity index is 804. The summed E-state index contributed by atoms with van der Waals surface area (Å²) in [5, 5.41) is 10.0. The van der Waals surface area contributed by atoms with Gasteiger partial charge in [-0.25, -0.2) is 0 Å². The van der Waals surface area contributed by atoms with Crippen LogP contribution in [0.25, 0.3) is 0 Å². The van der Waals surface area contributed by atoms with Crippen LogP contribution in [0, 0.1) is 25.7 Å². The third-order valence-electron chi connectivity index (χ3n) is 6.29. The largest absolute Gasteiger partial charge is 0.354 e. The second kappa shape index (κ2) is 10.6. The maximum Gasteiger partial charge on any atom is 0.220 e. The first kappa shape index (κ1) is 23.0. The Labute approximate surface area is 185 Å². The first-order chi connectivity index (χ1) is 14.3. The first-order valence-corrected chi connectivity index (χ1v) is 12.3. The lowest BCUT2D eigenvalue weighted by Crippen LogP contribution is -2.41. The van der Waals surface area contributed by atoms with E-state index >= 15 is 0 Å². The van der Waals surface area contributed by atoms with Crippen molar-refractivity contribution in [2.24, 2.45) is 11.8 Å². The lowest BCUT2D eigenvalue weighted by atomic mass is 9.97. The molecule has 0 spiro atoms. The highest BCUT2D eigenvalue weighted by atomic mass is 32.1. The second-order valence-electron chi connectivity index (χ2n) is 9.28. The molecule has 1 unspecified atom stereocenters. The summed E-state index contributed by atoms with van der Waals surface area (Å²) in [7, 11) is 0. The summed E-state index contributed by atoms with van der Waals surface area (Å²) in [6.45, 7) is 14.8. The number of aryl methyl sites for hydroxylation is 1. The van der Waals surface area contributed by atoms with Crippen molar-refractivity contribution < 1.29 is 4.79 Å². The molecule has 1 aliphatic heterocycles. The van der Waals surface area contributed by atoms with E-state index in [4.69, 9.17) is 0 Å². The van der Waals surface area contributed by atoms with Crippen LogP contribution in [0.2, 0.25) is 0 Å². The molecule has 3 heterocycles. The van der Waals surface area contributed by atoms with Gasteiger partial charge in [0.1, 0.15) is 0 Å². The molecule has 3 rings (SSSR count). The Kier molecular flexibility index (Phi) is 8.12. The van der Waals surface area contributed by atoms with E-state index in [1.807, 2.05) is 0 Å². The zero-order valence-electron chi connectivity index (χ0n) is 19.3. The molecule has 6 heteroatoms. The van der Waals surface area contributed by atoms with Gasteiger partial charge in [-0.3, -0.25) is 14.4 Å². The molecule has 1 atom stereocenters. The number of likely N-dealkylation sites (tertiary alicyclic amines) is 1. The molecular formula is C24H38N4OS. The normalized spacial score (nSPS) is 16.9. The summed E-state index contributed by atoms with van der Waals surface area (Å²) in [4.78, 5) is 16.6. The quantitative estimate of drug-likeness (QED) is 0.625. The average Bonchev–Trinajstić information content (AvgIpc) is 3.31. The highest BCUT2D eigenvalue weighted by molar-refractivity contribution is 7.10. The molecule has 5 nitrogen and oxygen atoms in total. The third kappa shape index (κ3) is 5.94. The number of nitrogens with zero attached hydrogens (tertiary/aromatic N) is 3. The van der Waals surface area contributed by atoms with E-state index in [-0.39, 0.29) is 5.91 Å². The minimum Gasteiger partial charge on any atom is -0.354 e. The van der Waals surface area contributed by atoms with Gasteiger partial charge in [0.2, 0.25) is 5.91 Å². The van der Waals surface area contributed by atoms with Gasteiger partial charge in [0.15, 0.2) is 0 Å². The van der Waals surface area contributed by atoms with Crippen molar-refractivity contribution in [1.29, 1.82) is 0 Å². The second-order valence-corrected chi connectivity index (χ2v) is 10.3. The number of carbonyl (C=O) groups excluding carboxylic acids is 1. The van der Waals surface area contributed by atoms with Crippen LogP contribution in [-0.4, -0.2) is 40.2 Å². The van der Waals surface area contributed by atoms with Gasteiger partial charge < -0.3 is 5.32 Å². The monoisotopic (exact) mass is 430 g/mol. The van der Waals surface area contributed by atoms with Crippen molar-refractivity contribution in [3.63, 3.8) is 0 Å². The van der Waals surface area contributed by atoms with Crippen LogP contribution in [-0.2, 0) is 17.8 Å². The lowest BCUT2D eigenvalue weighted by Gasteiger charge is -2.36. The summed E-state index contributed by atoms with van der Waals surface area (Å²) in [5.41, 5.74) is 3.48. The average molecular weight is 431 g/mol. The van der Waals surface area contributed by atoms with E-state index in [1.165, 1.54) is 29.0 Å². The van der Waals surface area contributed by atoms with Crippen molar-refractivity contribution in [1.82, 2.24) is 20.0 Å². The maximum atomic E-state index is 12.7. The number of hydrogen-bond acceptors (Lipinski definition) is 4. The lowest BCUT2D eigenvalue weighted by molar-refractivity contribution is -0.121. The van der Waals surface area contributed by atoms with Crippen LogP contribution in [0.5, 0.6) is 0 Å². The molecule has 2 aromatic rings. The minimum absolute atomic E-state index is 0.136.